The Kier molecular flexibility index (Phi) is 3.46. The maximum Gasteiger partial charge on any atom is 0.378 e. The molecule has 0 aromatic heterocycles. The van der Waals surface area contributed by atoms with Crippen molar-refractivity contribution < 1.29 is 19.0 Å². The molecule has 1 aromatic carbocycles. The van der Waals surface area contributed by atoms with Crippen LogP contribution in [0.3, 0.4) is 0 Å². The largest absolute Gasteiger partial charge is 0.476 e. The van der Waals surface area contributed by atoms with Gasteiger partial charge in [-0.25, -0.2) is 4.79 Å². The van der Waals surface area contributed by atoms with E-state index in [2.05, 4.69) is 4.74 Å². The standard InChI is InChI=1S/C11H10FNO3/c1-6-3-8(5-13)4-7(2)9(6)16-10(12)11(14)15/h3-4,10H,1-2H3,(H,14,15). The lowest BCUT2D eigenvalue weighted by Gasteiger charge is -2.13. The molecule has 1 unspecified atom stereocenters. The summed E-state index contributed by atoms with van der Waals surface area (Å²) < 4.78 is 17.5. The molecule has 1 aromatic rings. The van der Waals surface area contributed by atoms with Gasteiger partial charge in [0.15, 0.2) is 0 Å². The molecule has 0 heterocycles. The van der Waals surface area contributed by atoms with Gasteiger partial charge in [0, 0.05) is 0 Å². The molecule has 0 bridgehead atoms. The number of hydrogen-bond donors (Lipinski definition) is 1. The molecule has 1 rings (SSSR count). The van der Waals surface area contributed by atoms with Gasteiger partial charge in [0.2, 0.25) is 0 Å². The zero-order chi connectivity index (χ0) is 12.3. The fourth-order valence-electron chi connectivity index (χ4n) is 1.35. The van der Waals surface area contributed by atoms with Crippen molar-refractivity contribution in [2.75, 3.05) is 0 Å². The molecule has 0 amide bonds. The van der Waals surface area contributed by atoms with Gasteiger partial charge in [-0.1, -0.05) is 0 Å². The van der Waals surface area contributed by atoms with Gasteiger partial charge in [-0.05, 0) is 37.1 Å². The second-order valence-corrected chi connectivity index (χ2v) is 3.32. The van der Waals surface area contributed by atoms with E-state index in [-0.39, 0.29) is 5.75 Å². The molecule has 0 saturated heterocycles. The number of hydrogen-bond acceptors (Lipinski definition) is 3. The lowest BCUT2D eigenvalue weighted by Crippen LogP contribution is -2.22. The van der Waals surface area contributed by atoms with E-state index in [1.54, 1.807) is 13.8 Å². The number of halogens is 1. The van der Waals surface area contributed by atoms with E-state index in [9.17, 15) is 9.18 Å². The average Bonchev–Trinajstić information content (AvgIpc) is 2.22. The van der Waals surface area contributed by atoms with Crippen molar-refractivity contribution in [1.82, 2.24) is 0 Å². The van der Waals surface area contributed by atoms with Crippen LogP contribution >= 0.6 is 0 Å². The molecule has 0 aliphatic rings. The van der Waals surface area contributed by atoms with Crippen molar-refractivity contribution in [2.24, 2.45) is 0 Å². The third-order valence-electron chi connectivity index (χ3n) is 2.00. The maximum atomic E-state index is 12.9. The van der Waals surface area contributed by atoms with Crippen LogP contribution in [0.4, 0.5) is 4.39 Å². The first-order valence-corrected chi connectivity index (χ1v) is 4.50. The third kappa shape index (κ3) is 2.48. The monoisotopic (exact) mass is 223 g/mol. The summed E-state index contributed by atoms with van der Waals surface area (Å²) in [5, 5.41) is 17.1. The minimum atomic E-state index is -2.40. The van der Waals surface area contributed by atoms with Crippen molar-refractivity contribution in [3.63, 3.8) is 0 Å². The van der Waals surface area contributed by atoms with Crippen LogP contribution in [0.1, 0.15) is 16.7 Å². The fraction of sp³-hybridized carbons (Fsp3) is 0.273. The summed E-state index contributed by atoms with van der Waals surface area (Å²) in [7, 11) is 0. The van der Waals surface area contributed by atoms with Gasteiger partial charge in [-0.2, -0.15) is 9.65 Å². The summed E-state index contributed by atoms with van der Waals surface area (Å²) in [6.07, 6.45) is -2.40. The molecule has 4 nitrogen and oxygen atoms in total. The van der Waals surface area contributed by atoms with E-state index < -0.39 is 12.3 Å². The Bertz CT molecular complexity index is 442. The van der Waals surface area contributed by atoms with Crippen LogP contribution in [0.2, 0.25) is 0 Å². The van der Waals surface area contributed by atoms with Crippen LogP contribution in [-0.4, -0.2) is 17.4 Å². The van der Waals surface area contributed by atoms with Gasteiger partial charge in [-0.3, -0.25) is 0 Å². The Morgan fingerprint density at radius 1 is 1.50 bits per heavy atom. The van der Waals surface area contributed by atoms with Crippen LogP contribution in [0.5, 0.6) is 5.75 Å². The van der Waals surface area contributed by atoms with Crippen LogP contribution in [0, 0.1) is 25.2 Å². The molecule has 0 saturated carbocycles. The Hall–Kier alpha value is -2.09. The number of carboxylic acid groups (broad SMARTS) is 1. The maximum absolute atomic E-state index is 12.9. The van der Waals surface area contributed by atoms with Crippen LogP contribution in [0.25, 0.3) is 0 Å². The highest BCUT2D eigenvalue weighted by Crippen LogP contribution is 2.25. The van der Waals surface area contributed by atoms with E-state index in [0.717, 1.165) is 0 Å². The normalized spacial score (nSPS) is 11.6. The van der Waals surface area contributed by atoms with Gasteiger partial charge >= 0.3 is 12.3 Å². The molecule has 1 N–H and O–H groups in total. The minimum absolute atomic E-state index is 0.161. The van der Waals surface area contributed by atoms with E-state index in [1.807, 2.05) is 6.07 Å². The molecule has 1 atom stereocenters. The molecule has 0 aliphatic carbocycles. The predicted molar refractivity (Wildman–Crippen MR) is 53.8 cm³/mol. The quantitative estimate of drug-likeness (QED) is 0.849. The van der Waals surface area contributed by atoms with E-state index in [1.165, 1.54) is 12.1 Å². The van der Waals surface area contributed by atoms with Gasteiger partial charge in [0.25, 0.3) is 0 Å². The number of carbonyl (C=O) groups is 1. The van der Waals surface area contributed by atoms with Crippen LogP contribution in [0.15, 0.2) is 12.1 Å². The van der Waals surface area contributed by atoms with Gasteiger partial charge < -0.3 is 9.84 Å². The first-order valence-electron chi connectivity index (χ1n) is 4.50. The molecule has 84 valence electrons. The first-order chi connectivity index (χ1) is 7.45. The summed E-state index contributed by atoms with van der Waals surface area (Å²) >= 11 is 0. The number of nitrogens with zero attached hydrogens (tertiary/aromatic N) is 1. The highest BCUT2D eigenvalue weighted by atomic mass is 19.1. The zero-order valence-corrected chi connectivity index (χ0v) is 8.82. The van der Waals surface area contributed by atoms with E-state index in [0.29, 0.717) is 16.7 Å². The van der Waals surface area contributed by atoms with Crippen molar-refractivity contribution in [2.45, 2.75) is 20.2 Å². The van der Waals surface area contributed by atoms with Crippen LogP contribution in [-0.2, 0) is 4.79 Å². The summed E-state index contributed by atoms with van der Waals surface area (Å²) in [5.74, 6) is -1.52. The van der Waals surface area contributed by atoms with Gasteiger partial charge in [0.1, 0.15) is 5.75 Å². The lowest BCUT2D eigenvalue weighted by atomic mass is 10.1. The molecule has 0 radical (unpaired) electrons. The topological polar surface area (TPSA) is 70.3 Å². The summed E-state index contributed by atoms with van der Waals surface area (Å²) in [4.78, 5) is 10.3. The van der Waals surface area contributed by atoms with E-state index >= 15 is 0 Å². The second-order valence-electron chi connectivity index (χ2n) is 3.32. The smallest absolute Gasteiger partial charge is 0.378 e. The Morgan fingerprint density at radius 2 is 2.00 bits per heavy atom. The SMILES string of the molecule is Cc1cc(C#N)cc(C)c1OC(F)C(=O)O. The Morgan fingerprint density at radius 3 is 2.38 bits per heavy atom. The number of ether oxygens (including phenoxy) is 1. The number of aliphatic carboxylic acids is 1. The molecule has 5 heteroatoms. The van der Waals surface area contributed by atoms with Gasteiger partial charge in [-0.15, -0.1) is 0 Å². The highest BCUT2D eigenvalue weighted by molar-refractivity contribution is 5.71. The molecule has 0 spiro atoms. The zero-order valence-electron chi connectivity index (χ0n) is 8.82. The van der Waals surface area contributed by atoms with Crippen LogP contribution < -0.4 is 4.74 Å². The molecule has 0 aliphatic heterocycles. The molecular formula is C11H10FNO3. The van der Waals surface area contributed by atoms with Crippen molar-refractivity contribution >= 4 is 5.97 Å². The minimum Gasteiger partial charge on any atom is -0.476 e. The fourth-order valence-corrected chi connectivity index (χ4v) is 1.35. The lowest BCUT2D eigenvalue weighted by molar-refractivity contribution is -0.153. The summed E-state index contributed by atoms with van der Waals surface area (Å²) in [6.45, 7) is 3.25. The van der Waals surface area contributed by atoms with Crippen molar-refractivity contribution in [1.29, 1.82) is 5.26 Å². The number of rotatable bonds is 3. The third-order valence-corrected chi connectivity index (χ3v) is 2.00. The Labute approximate surface area is 91.9 Å². The van der Waals surface area contributed by atoms with Crippen molar-refractivity contribution in [3.05, 3.63) is 28.8 Å². The molecule has 16 heavy (non-hydrogen) atoms. The second kappa shape index (κ2) is 4.62. The number of aryl methyl sites for hydroxylation is 2. The number of carboxylic acids is 1. The highest BCUT2D eigenvalue weighted by Gasteiger charge is 2.19. The number of nitriles is 1. The van der Waals surface area contributed by atoms with Crippen molar-refractivity contribution in [3.8, 4) is 11.8 Å². The number of alkyl halides is 1. The van der Waals surface area contributed by atoms with E-state index in [4.69, 9.17) is 10.4 Å². The predicted octanol–water partition coefficient (Wildman–Crippen LogP) is 1.93. The first kappa shape index (κ1) is 12.0. The summed E-state index contributed by atoms with van der Waals surface area (Å²) in [5.41, 5.74) is 1.48. The summed E-state index contributed by atoms with van der Waals surface area (Å²) in [6, 6.07) is 4.97. The molecular weight excluding hydrogens is 213 g/mol. The average molecular weight is 223 g/mol. The Balaban J connectivity index is 3.07. The van der Waals surface area contributed by atoms with Gasteiger partial charge in [0.05, 0.1) is 11.6 Å². The molecule has 0 fully saturated rings. The number of benzene rings is 1.